The molecule has 6 heteroatoms. The minimum absolute atomic E-state index is 0.167. The Balaban J connectivity index is 2.60. The van der Waals surface area contributed by atoms with Gasteiger partial charge >= 0.3 is 5.97 Å². The van der Waals surface area contributed by atoms with Gasteiger partial charge in [-0.25, -0.2) is 0 Å². The zero-order valence-corrected chi connectivity index (χ0v) is 14.1. The van der Waals surface area contributed by atoms with Crippen LogP contribution in [-0.4, -0.2) is 22.8 Å². The lowest BCUT2D eigenvalue weighted by atomic mass is 10.0. The van der Waals surface area contributed by atoms with Crippen molar-refractivity contribution in [3.05, 3.63) is 51.1 Å². The van der Waals surface area contributed by atoms with Gasteiger partial charge in [-0.05, 0) is 36.2 Å². The molecule has 1 aromatic heterocycles. The second-order valence-corrected chi connectivity index (χ2v) is 5.90. The summed E-state index contributed by atoms with van der Waals surface area (Å²) >= 11 is 6.19. The molecule has 0 radical (unpaired) electrons. The monoisotopic (exact) mass is 345 g/mol. The van der Waals surface area contributed by atoms with Gasteiger partial charge in [-0.3, -0.25) is 9.59 Å². The maximum Gasteiger partial charge on any atom is 0.323 e. The molecular formula is C18H16ClNO4. The summed E-state index contributed by atoms with van der Waals surface area (Å²) in [7, 11) is 1.45. The number of ether oxygens (including phenoxy) is 1. The molecule has 24 heavy (non-hydrogen) atoms. The second kappa shape index (κ2) is 6.17. The predicted octanol–water partition coefficient (Wildman–Crippen LogP) is 3.46. The van der Waals surface area contributed by atoms with Gasteiger partial charge in [-0.15, -0.1) is 0 Å². The van der Waals surface area contributed by atoms with Crippen molar-refractivity contribution in [1.82, 2.24) is 4.57 Å². The van der Waals surface area contributed by atoms with Gasteiger partial charge in [0.1, 0.15) is 6.54 Å². The number of hydrogen-bond acceptors (Lipinski definition) is 3. The Labute approximate surface area is 143 Å². The highest BCUT2D eigenvalue weighted by Gasteiger charge is 2.18. The van der Waals surface area contributed by atoms with E-state index in [0.717, 1.165) is 12.0 Å². The summed E-state index contributed by atoms with van der Waals surface area (Å²) in [6.45, 7) is 1.70. The molecule has 1 N–H and O–H groups in total. The molecule has 5 nitrogen and oxygen atoms in total. The van der Waals surface area contributed by atoms with Gasteiger partial charge in [-0.2, -0.15) is 0 Å². The third-order valence-electron chi connectivity index (χ3n) is 4.10. The highest BCUT2D eigenvalue weighted by atomic mass is 35.5. The van der Waals surface area contributed by atoms with E-state index in [1.165, 1.54) is 7.11 Å². The maximum absolute atomic E-state index is 12.8. The number of rotatable bonds is 4. The normalized spacial score (nSPS) is 11.1. The molecule has 1 heterocycles. The van der Waals surface area contributed by atoms with Crippen LogP contribution >= 0.6 is 11.6 Å². The van der Waals surface area contributed by atoms with E-state index < -0.39 is 5.97 Å². The summed E-state index contributed by atoms with van der Waals surface area (Å²) in [5.74, 6) is -0.707. The molecule has 0 unspecified atom stereocenters. The number of nitrogens with zero attached hydrogens (tertiary/aromatic N) is 1. The van der Waals surface area contributed by atoms with Gasteiger partial charge in [-0.1, -0.05) is 24.6 Å². The zero-order chi connectivity index (χ0) is 17.4. The first-order valence-electron chi connectivity index (χ1n) is 7.51. The predicted molar refractivity (Wildman–Crippen MR) is 94.3 cm³/mol. The number of fused-ring (bicyclic) bond motifs is 2. The fraction of sp³-hybridized carbons (Fsp3) is 0.222. The summed E-state index contributed by atoms with van der Waals surface area (Å²) in [5.41, 5.74) is 1.81. The van der Waals surface area contributed by atoms with Crippen LogP contribution < -0.4 is 10.2 Å². The van der Waals surface area contributed by atoms with E-state index >= 15 is 0 Å². The van der Waals surface area contributed by atoms with Crippen molar-refractivity contribution >= 4 is 39.4 Å². The minimum atomic E-state index is -1.01. The summed E-state index contributed by atoms with van der Waals surface area (Å²) in [6.07, 6.45) is 0.780. The third-order valence-corrected chi connectivity index (χ3v) is 4.40. The number of aryl methyl sites for hydroxylation is 1. The Bertz CT molecular complexity index is 1020. The van der Waals surface area contributed by atoms with Gasteiger partial charge in [0, 0.05) is 5.39 Å². The molecule has 0 fully saturated rings. The molecule has 0 atom stereocenters. The molecule has 0 spiro atoms. The van der Waals surface area contributed by atoms with Gasteiger partial charge in [0.25, 0.3) is 0 Å². The summed E-state index contributed by atoms with van der Waals surface area (Å²) in [6, 6.07) is 8.66. The molecule has 0 amide bonds. The topological polar surface area (TPSA) is 68.5 Å². The maximum atomic E-state index is 12.8. The molecule has 0 aliphatic carbocycles. The molecule has 0 aliphatic heterocycles. The highest BCUT2D eigenvalue weighted by Crippen LogP contribution is 2.34. The average molecular weight is 346 g/mol. The van der Waals surface area contributed by atoms with Crippen molar-refractivity contribution in [2.24, 2.45) is 0 Å². The van der Waals surface area contributed by atoms with Crippen LogP contribution in [0, 0.1) is 0 Å². The van der Waals surface area contributed by atoms with Crippen LogP contribution in [0.5, 0.6) is 5.75 Å². The van der Waals surface area contributed by atoms with Crippen molar-refractivity contribution in [3.63, 3.8) is 0 Å². The van der Waals surface area contributed by atoms with Crippen molar-refractivity contribution in [3.8, 4) is 5.75 Å². The molecular weight excluding hydrogens is 330 g/mol. The largest absolute Gasteiger partial charge is 0.493 e. The van der Waals surface area contributed by atoms with Gasteiger partial charge in [0.15, 0.2) is 11.2 Å². The average Bonchev–Trinajstić information content (AvgIpc) is 2.57. The third kappa shape index (κ3) is 2.51. The van der Waals surface area contributed by atoms with Crippen LogP contribution in [-0.2, 0) is 17.8 Å². The van der Waals surface area contributed by atoms with E-state index in [4.69, 9.17) is 16.3 Å². The lowest BCUT2D eigenvalue weighted by molar-refractivity contribution is -0.137. The van der Waals surface area contributed by atoms with Crippen molar-refractivity contribution < 1.29 is 14.6 Å². The summed E-state index contributed by atoms with van der Waals surface area (Å²) in [5, 5.41) is 10.5. The number of hydrogen-bond donors (Lipinski definition) is 1. The second-order valence-electron chi connectivity index (χ2n) is 5.49. The van der Waals surface area contributed by atoms with Crippen LogP contribution in [0.15, 0.2) is 35.1 Å². The zero-order valence-electron chi connectivity index (χ0n) is 13.3. The number of benzene rings is 2. The number of carbonyl (C=O) groups is 1. The number of aliphatic carboxylic acids is 1. The number of carboxylic acids is 1. The Kier molecular flexibility index (Phi) is 4.20. The van der Waals surface area contributed by atoms with Crippen LogP contribution in [0.1, 0.15) is 12.5 Å². The van der Waals surface area contributed by atoms with E-state index in [-0.39, 0.29) is 12.0 Å². The van der Waals surface area contributed by atoms with Gasteiger partial charge < -0.3 is 14.4 Å². The number of methoxy groups -OCH3 is 1. The van der Waals surface area contributed by atoms with Crippen LogP contribution in [0.3, 0.4) is 0 Å². The minimum Gasteiger partial charge on any atom is -0.493 e. The fourth-order valence-electron chi connectivity index (χ4n) is 2.97. The Morgan fingerprint density at radius 1 is 1.25 bits per heavy atom. The lowest BCUT2D eigenvalue weighted by Gasteiger charge is -2.17. The quantitative estimate of drug-likeness (QED) is 0.735. The molecule has 124 valence electrons. The number of halogens is 1. The number of pyridine rings is 1. The number of carboxylic acid groups (broad SMARTS) is 1. The van der Waals surface area contributed by atoms with E-state index in [2.05, 4.69) is 0 Å². The molecule has 0 bridgehead atoms. The van der Waals surface area contributed by atoms with Crippen molar-refractivity contribution in [2.75, 3.05) is 7.11 Å². The Hall–Kier alpha value is -2.53. The lowest BCUT2D eigenvalue weighted by Crippen LogP contribution is -2.17. The fourth-order valence-corrected chi connectivity index (χ4v) is 3.20. The van der Waals surface area contributed by atoms with E-state index in [1.54, 1.807) is 22.8 Å². The Morgan fingerprint density at radius 3 is 2.58 bits per heavy atom. The number of aromatic nitrogens is 1. The van der Waals surface area contributed by atoms with Crippen LogP contribution in [0.25, 0.3) is 21.8 Å². The smallest absolute Gasteiger partial charge is 0.323 e. The first kappa shape index (κ1) is 16.3. The van der Waals surface area contributed by atoms with Crippen LogP contribution in [0.2, 0.25) is 5.02 Å². The van der Waals surface area contributed by atoms with Gasteiger partial charge in [0.05, 0.1) is 28.6 Å². The van der Waals surface area contributed by atoms with Crippen molar-refractivity contribution in [2.45, 2.75) is 19.9 Å². The molecule has 3 aromatic rings. The van der Waals surface area contributed by atoms with E-state index in [1.807, 2.05) is 19.1 Å². The molecule has 3 rings (SSSR count). The van der Waals surface area contributed by atoms with Gasteiger partial charge in [0.2, 0.25) is 0 Å². The highest BCUT2D eigenvalue weighted by molar-refractivity contribution is 6.33. The molecule has 0 saturated heterocycles. The van der Waals surface area contributed by atoms with E-state index in [9.17, 15) is 14.7 Å². The SMILES string of the molecule is CCc1ccc2c(=O)c3ccc(Cl)c(OC)c3n(CC(=O)O)c2c1. The first-order valence-corrected chi connectivity index (χ1v) is 7.89. The summed E-state index contributed by atoms with van der Waals surface area (Å²) < 4.78 is 6.94. The molecule has 2 aromatic carbocycles. The van der Waals surface area contributed by atoms with E-state index in [0.29, 0.717) is 32.6 Å². The first-order chi connectivity index (χ1) is 11.5. The Morgan fingerprint density at radius 2 is 1.96 bits per heavy atom. The molecule has 0 saturated carbocycles. The standard InChI is InChI=1S/C18H16ClNO4/c1-3-10-4-5-11-14(8-10)20(9-15(21)22)16-12(17(11)23)6-7-13(19)18(16)24-2/h4-8H,3,9H2,1-2H3,(H,21,22). The van der Waals surface area contributed by atoms with Crippen LogP contribution in [0.4, 0.5) is 0 Å². The van der Waals surface area contributed by atoms with Crippen molar-refractivity contribution in [1.29, 1.82) is 0 Å². The molecule has 0 aliphatic rings. The summed E-state index contributed by atoms with van der Waals surface area (Å²) in [4.78, 5) is 24.3.